The first-order valence-corrected chi connectivity index (χ1v) is 7.76. The highest BCUT2D eigenvalue weighted by Gasteiger charge is 2.28. The van der Waals surface area contributed by atoms with E-state index in [1.807, 2.05) is 0 Å². The van der Waals surface area contributed by atoms with Crippen LogP contribution in [0.15, 0.2) is 0 Å². The van der Waals surface area contributed by atoms with Crippen LogP contribution in [0.3, 0.4) is 0 Å². The fourth-order valence-electron chi connectivity index (χ4n) is 3.82. The normalized spacial score (nSPS) is 35.0. The number of likely N-dealkylation sites (N-methyl/N-ethyl adjacent to an activating group) is 2. The quantitative estimate of drug-likeness (QED) is 0.824. The molecule has 1 aliphatic heterocycles. The summed E-state index contributed by atoms with van der Waals surface area (Å²) in [5.74, 6) is 0.862. The van der Waals surface area contributed by atoms with Crippen molar-refractivity contribution in [1.82, 2.24) is 15.1 Å². The third kappa shape index (κ3) is 3.69. The van der Waals surface area contributed by atoms with Gasteiger partial charge in [-0.05, 0) is 59.3 Å². The average molecular weight is 253 g/mol. The van der Waals surface area contributed by atoms with E-state index >= 15 is 0 Å². The summed E-state index contributed by atoms with van der Waals surface area (Å²) < 4.78 is 0. The van der Waals surface area contributed by atoms with E-state index in [2.05, 4.69) is 36.3 Å². The lowest BCUT2D eigenvalue weighted by Gasteiger charge is -2.40. The molecule has 0 spiro atoms. The highest BCUT2D eigenvalue weighted by Crippen LogP contribution is 2.26. The largest absolute Gasteiger partial charge is 0.317 e. The van der Waals surface area contributed by atoms with E-state index < -0.39 is 0 Å². The number of piperidine rings is 1. The molecule has 0 aromatic rings. The van der Waals surface area contributed by atoms with Crippen LogP contribution in [-0.4, -0.2) is 62.7 Å². The van der Waals surface area contributed by atoms with Crippen molar-refractivity contribution in [3.05, 3.63) is 0 Å². The molecule has 3 unspecified atom stereocenters. The van der Waals surface area contributed by atoms with Crippen molar-refractivity contribution in [1.29, 1.82) is 0 Å². The molecule has 0 radical (unpaired) electrons. The van der Waals surface area contributed by atoms with E-state index in [0.717, 1.165) is 18.0 Å². The molecule has 106 valence electrons. The molecule has 3 atom stereocenters. The van der Waals surface area contributed by atoms with Crippen molar-refractivity contribution < 1.29 is 0 Å². The Morgan fingerprint density at radius 1 is 1.17 bits per heavy atom. The first-order valence-electron chi connectivity index (χ1n) is 7.76. The monoisotopic (exact) mass is 253 g/mol. The molecular formula is C15H31N3. The van der Waals surface area contributed by atoms with Gasteiger partial charge in [-0.15, -0.1) is 0 Å². The van der Waals surface area contributed by atoms with E-state index in [1.54, 1.807) is 0 Å². The summed E-state index contributed by atoms with van der Waals surface area (Å²) >= 11 is 0. The second kappa shape index (κ2) is 6.88. The molecule has 0 aromatic heterocycles. The van der Waals surface area contributed by atoms with Gasteiger partial charge in [-0.2, -0.15) is 0 Å². The van der Waals surface area contributed by atoms with Gasteiger partial charge in [-0.25, -0.2) is 0 Å². The molecule has 2 rings (SSSR count). The SMILES string of the molecule is CNC1CCCCC1CN(C)C1CCCN(C)C1. The number of rotatable bonds is 4. The highest BCUT2D eigenvalue weighted by atomic mass is 15.2. The Morgan fingerprint density at radius 3 is 2.67 bits per heavy atom. The third-order valence-corrected chi connectivity index (χ3v) is 5.03. The Labute approximate surface area is 113 Å². The molecule has 18 heavy (non-hydrogen) atoms. The van der Waals surface area contributed by atoms with E-state index in [4.69, 9.17) is 0 Å². The zero-order valence-electron chi connectivity index (χ0n) is 12.5. The fraction of sp³-hybridized carbons (Fsp3) is 1.00. The van der Waals surface area contributed by atoms with Crippen molar-refractivity contribution >= 4 is 0 Å². The summed E-state index contributed by atoms with van der Waals surface area (Å²) in [7, 11) is 6.74. The zero-order chi connectivity index (χ0) is 13.0. The lowest BCUT2D eigenvalue weighted by atomic mass is 9.84. The number of nitrogens with zero attached hydrogens (tertiary/aromatic N) is 2. The van der Waals surface area contributed by atoms with Crippen LogP contribution in [0.1, 0.15) is 38.5 Å². The van der Waals surface area contributed by atoms with Crippen LogP contribution in [0.25, 0.3) is 0 Å². The van der Waals surface area contributed by atoms with Crippen LogP contribution in [-0.2, 0) is 0 Å². The van der Waals surface area contributed by atoms with Crippen LogP contribution in [0.5, 0.6) is 0 Å². The van der Waals surface area contributed by atoms with Crippen molar-refractivity contribution in [3.8, 4) is 0 Å². The predicted molar refractivity (Wildman–Crippen MR) is 78.0 cm³/mol. The molecule has 1 N–H and O–H groups in total. The van der Waals surface area contributed by atoms with Gasteiger partial charge in [0.2, 0.25) is 0 Å². The Balaban J connectivity index is 1.83. The van der Waals surface area contributed by atoms with Crippen LogP contribution in [0, 0.1) is 5.92 Å². The minimum Gasteiger partial charge on any atom is -0.317 e. The molecule has 3 heteroatoms. The average Bonchev–Trinajstić information content (AvgIpc) is 2.39. The summed E-state index contributed by atoms with van der Waals surface area (Å²) in [6.07, 6.45) is 8.39. The lowest BCUT2D eigenvalue weighted by molar-refractivity contribution is 0.103. The molecule has 1 heterocycles. The van der Waals surface area contributed by atoms with Gasteiger partial charge < -0.3 is 15.1 Å². The molecule has 1 saturated carbocycles. The van der Waals surface area contributed by atoms with Crippen molar-refractivity contribution in [2.45, 2.75) is 50.6 Å². The third-order valence-electron chi connectivity index (χ3n) is 5.03. The van der Waals surface area contributed by atoms with Crippen LogP contribution in [0.2, 0.25) is 0 Å². The fourth-order valence-corrected chi connectivity index (χ4v) is 3.82. The summed E-state index contributed by atoms with van der Waals surface area (Å²) in [6.45, 7) is 3.82. The van der Waals surface area contributed by atoms with E-state index in [0.29, 0.717) is 0 Å². The molecule has 0 aromatic carbocycles. The summed E-state index contributed by atoms with van der Waals surface area (Å²) in [5.41, 5.74) is 0. The Morgan fingerprint density at radius 2 is 1.94 bits per heavy atom. The zero-order valence-corrected chi connectivity index (χ0v) is 12.5. The van der Waals surface area contributed by atoms with Crippen LogP contribution < -0.4 is 5.32 Å². The maximum absolute atomic E-state index is 3.53. The second-order valence-corrected chi connectivity index (χ2v) is 6.44. The van der Waals surface area contributed by atoms with Gasteiger partial charge in [-0.3, -0.25) is 0 Å². The van der Waals surface area contributed by atoms with Gasteiger partial charge in [0.1, 0.15) is 0 Å². The van der Waals surface area contributed by atoms with Gasteiger partial charge in [-0.1, -0.05) is 12.8 Å². The van der Waals surface area contributed by atoms with Gasteiger partial charge in [0, 0.05) is 25.2 Å². The van der Waals surface area contributed by atoms with Crippen molar-refractivity contribution in [3.63, 3.8) is 0 Å². The number of hydrogen-bond acceptors (Lipinski definition) is 3. The summed E-state index contributed by atoms with van der Waals surface area (Å²) in [5, 5.41) is 3.53. The summed E-state index contributed by atoms with van der Waals surface area (Å²) in [6, 6.07) is 1.53. The Bertz CT molecular complexity index is 244. The summed E-state index contributed by atoms with van der Waals surface area (Å²) in [4.78, 5) is 5.12. The molecule has 1 aliphatic carbocycles. The first-order chi connectivity index (χ1) is 8.70. The van der Waals surface area contributed by atoms with E-state index in [-0.39, 0.29) is 0 Å². The van der Waals surface area contributed by atoms with Gasteiger partial charge in [0.25, 0.3) is 0 Å². The molecule has 2 aliphatic rings. The van der Waals surface area contributed by atoms with Gasteiger partial charge in [0.15, 0.2) is 0 Å². The van der Waals surface area contributed by atoms with E-state index in [1.165, 1.54) is 58.2 Å². The standard InChI is InChI=1S/C15H31N3/c1-16-15-9-5-4-7-13(15)11-18(3)14-8-6-10-17(2)12-14/h13-16H,4-12H2,1-3H3. The first kappa shape index (κ1) is 14.3. The number of likely N-dealkylation sites (tertiary alicyclic amines) is 1. The van der Waals surface area contributed by atoms with Gasteiger partial charge in [0.05, 0.1) is 0 Å². The smallest absolute Gasteiger partial charge is 0.0220 e. The second-order valence-electron chi connectivity index (χ2n) is 6.44. The van der Waals surface area contributed by atoms with Crippen LogP contribution >= 0.6 is 0 Å². The highest BCUT2D eigenvalue weighted by molar-refractivity contribution is 4.85. The van der Waals surface area contributed by atoms with Crippen LogP contribution in [0.4, 0.5) is 0 Å². The predicted octanol–water partition coefficient (Wildman–Crippen LogP) is 1.79. The van der Waals surface area contributed by atoms with Crippen molar-refractivity contribution in [2.75, 3.05) is 40.8 Å². The molecule has 0 bridgehead atoms. The topological polar surface area (TPSA) is 18.5 Å². The molecule has 3 nitrogen and oxygen atoms in total. The van der Waals surface area contributed by atoms with Gasteiger partial charge >= 0.3 is 0 Å². The molecule has 0 amide bonds. The maximum atomic E-state index is 3.53. The minimum atomic E-state index is 0.752. The Kier molecular flexibility index (Phi) is 5.46. The maximum Gasteiger partial charge on any atom is 0.0220 e. The number of nitrogens with one attached hydrogen (secondary N) is 1. The molecular weight excluding hydrogens is 222 g/mol. The lowest BCUT2D eigenvalue weighted by Crippen LogP contribution is -2.49. The molecule has 2 fully saturated rings. The van der Waals surface area contributed by atoms with Crippen molar-refractivity contribution in [2.24, 2.45) is 5.92 Å². The van der Waals surface area contributed by atoms with E-state index in [9.17, 15) is 0 Å². The Hall–Kier alpha value is -0.120. The minimum absolute atomic E-state index is 0.752. The molecule has 1 saturated heterocycles. The number of hydrogen-bond donors (Lipinski definition) is 1.